The molecule has 1 aromatic heterocycles. The summed E-state index contributed by atoms with van der Waals surface area (Å²) in [6.45, 7) is 2.58. The molecule has 0 aliphatic heterocycles. The van der Waals surface area contributed by atoms with Crippen LogP contribution in [0.4, 0.5) is 10.1 Å². The van der Waals surface area contributed by atoms with Crippen LogP contribution in [0.2, 0.25) is 5.02 Å². The van der Waals surface area contributed by atoms with E-state index in [-0.39, 0.29) is 17.5 Å². The summed E-state index contributed by atoms with van der Waals surface area (Å²) in [5, 5.41) is 12.2. The molecule has 0 atom stereocenters. The standard InChI is InChI=1S/C19H18ClFN4O2S/c1-3-25-18(12-4-6-13(21)7-5-12)23-24-19(25)28-11-17(26)22-14-8-9-16(27-2)15(20)10-14/h4-10H,3,11H2,1-2H3,(H,22,26). The van der Waals surface area contributed by atoms with Crippen LogP contribution < -0.4 is 10.1 Å². The van der Waals surface area contributed by atoms with Gasteiger partial charge in [-0.1, -0.05) is 23.4 Å². The Labute approximate surface area is 171 Å². The molecule has 0 saturated carbocycles. The molecule has 0 aliphatic carbocycles. The predicted octanol–water partition coefficient (Wildman–Crippen LogP) is 4.50. The lowest BCUT2D eigenvalue weighted by atomic mass is 10.2. The first-order chi connectivity index (χ1) is 13.5. The van der Waals surface area contributed by atoms with Gasteiger partial charge >= 0.3 is 0 Å². The van der Waals surface area contributed by atoms with Gasteiger partial charge in [0.2, 0.25) is 5.91 Å². The average Bonchev–Trinajstić information content (AvgIpc) is 3.10. The van der Waals surface area contributed by atoms with Gasteiger partial charge in [0.1, 0.15) is 11.6 Å². The maximum atomic E-state index is 13.1. The summed E-state index contributed by atoms with van der Waals surface area (Å²) in [4.78, 5) is 12.3. The van der Waals surface area contributed by atoms with Gasteiger partial charge in [0.15, 0.2) is 11.0 Å². The van der Waals surface area contributed by atoms with Gasteiger partial charge in [-0.05, 0) is 49.4 Å². The Hall–Kier alpha value is -2.58. The molecule has 2 aromatic carbocycles. The van der Waals surface area contributed by atoms with Crippen molar-refractivity contribution >= 4 is 35.0 Å². The van der Waals surface area contributed by atoms with E-state index in [2.05, 4.69) is 15.5 Å². The minimum absolute atomic E-state index is 0.158. The maximum Gasteiger partial charge on any atom is 0.234 e. The van der Waals surface area contributed by atoms with Crippen LogP contribution in [-0.4, -0.2) is 33.5 Å². The Morgan fingerprint density at radius 2 is 2.00 bits per heavy atom. The average molecular weight is 421 g/mol. The zero-order valence-electron chi connectivity index (χ0n) is 15.3. The molecule has 0 bridgehead atoms. The lowest BCUT2D eigenvalue weighted by Crippen LogP contribution is -2.14. The zero-order chi connectivity index (χ0) is 20.1. The molecule has 1 N–H and O–H groups in total. The molecular weight excluding hydrogens is 403 g/mol. The number of benzene rings is 2. The van der Waals surface area contributed by atoms with Gasteiger partial charge in [-0.25, -0.2) is 4.39 Å². The van der Waals surface area contributed by atoms with Crippen molar-refractivity contribution in [2.24, 2.45) is 0 Å². The fraction of sp³-hybridized carbons (Fsp3) is 0.211. The topological polar surface area (TPSA) is 69.0 Å². The number of ether oxygens (including phenoxy) is 1. The van der Waals surface area contributed by atoms with Crippen LogP contribution >= 0.6 is 23.4 Å². The summed E-state index contributed by atoms with van der Waals surface area (Å²) in [6, 6.07) is 11.1. The highest BCUT2D eigenvalue weighted by molar-refractivity contribution is 7.99. The Bertz CT molecular complexity index is 979. The summed E-state index contributed by atoms with van der Waals surface area (Å²) in [5.41, 5.74) is 1.35. The summed E-state index contributed by atoms with van der Waals surface area (Å²) in [7, 11) is 1.53. The van der Waals surface area contributed by atoms with E-state index >= 15 is 0 Å². The van der Waals surface area contributed by atoms with Crippen LogP contribution in [0, 0.1) is 5.82 Å². The number of rotatable bonds is 7. The third-order valence-corrected chi connectivity index (χ3v) is 5.17. The highest BCUT2D eigenvalue weighted by Gasteiger charge is 2.15. The lowest BCUT2D eigenvalue weighted by Gasteiger charge is -2.09. The molecule has 1 heterocycles. The molecule has 6 nitrogen and oxygen atoms in total. The zero-order valence-corrected chi connectivity index (χ0v) is 16.9. The van der Waals surface area contributed by atoms with Crippen LogP contribution in [0.5, 0.6) is 5.75 Å². The fourth-order valence-electron chi connectivity index (χ4n) is 2.56. The minimum Gasteiger partial charge on any atom is -0.495 e. The van der Waals surface area contributed by atoms with Gasteiger partial charge in [0.05, 0.1) is 17.9 Å². The highest BCUT2D eigenvalue weighted by atomic mass is 35.5. The van der Waals surface area contributed by atoms with Crippen molar-refractivity contribution in [2.75, 3.05) is 18.2 Å². The number of hydrogen-bond donors (Lipinski definition) is 1. The van der Waals surface area contributed by atoms with E-state index in [0.717, 1.165) is 5.56 Å². The number of anilines is 1. The van der Waals surface area contributed by atoms with Crippen molar-refractivity contribution in [3.8, 4) is 17.1 Å². The second kappa shape index (κ2) is 9.07. The van der Waals surface area contributed by atoms with Gasteiger partial charge < -0.3 is 14.6 Å². The molecule has 146 valence electrons. The number of methoxy groups -OCH3 is 1. The maximum absolute atomic E-state index is 13.1. The van der Waals surface area contributed by atoms with E-state index < -0.39 is 0 Å². The van der Waals surface area contributed by atoms with E-state index in [1.54, 1.807) is 30.3 Å². The monoisotopic (exact) mass is 420 g/mol. The first-order valence-corrected chi connectivity index (χ1v) is 9.83. The molecule has 0 radical (unpaired) electrons. The van der Waals surface area contributed by atoms with E-state index in [1.807, 2.05) is 11.5 Å². The Kier molecular flexibility index (Phi) is 6.53. The third-order valence-electron chi connectivity index (χ3n) is 3.90. The molecule has 28 heavy (non-hydrogen) atoms. The fourth-order valence-corrected chi connectivity index (χ4v) is 3.62. The summed E-state index contributed by atoms with van der Waals surface area (Å²) >= 11 is 7.34. The summed E-state index contributed by atoms with van der Waals surface area (Å²) in [5.74, 6) is 0.827. The summed E-state index contributed by atoms with van der Waals surface area (Å²) < 4.78 is 20.1. The first kappa shape index (κ1) is 20.2. The number of hydrogen-bond acceptors (Lipinski definition) is 5. The highest BCUT2D eigenvalue weighted by Crippen LogP contribution is 2.28. The van der Waals surface area contributed by atoms with E-state index in [4.69, 9.17) is 16.3 Å². The molecule has 9 heteroatoms. The summed E-state index contributed by atoms with van der Waals surface area (Å²) in [6.07, 6.45) is 0. The second-order valence-electron chi connectivity index (χ2n) is 5.74. The van der Waals surface area contributed by atoms with Crippen molar-refractivity contribution in [3.63, 3.8) is 0 Å². The lowest BCUT2D eigenvalue weighted by molar-refractivity contribution is -0.113. The molecule has 3 aromatic rings. The van der Waals surface area contributed by atoms with Crippen LogP contribution in [0.3, 0.4) is 0 Å². The van der Waals surface area contributed by atoms with Gasteiger partial charge in [-0.3, -0.25) is 4.79 Å². The van der Waals surface area contributed by atoms with E-state index in [1.165, 1.54) is 31.0 Å². The normalized spacial score (nSPS) is 10.7. The number of halogens is 2. The van der Waals surface area contributed by atoms with E-state index in [9.17, 15) is 9.18 Å². The van der Waals surface area contributed by atoms with Crippen molar-refractivity contribution in [2.45, 2.75) is 18.6 Å². The van der Waals surface area contributed by atoms with Gasteiger partial charge in [-0.15, -0.1) is 10.2 Å². The molecular formula is C19H18ClFN4O2S. The third kappa shape index (κ3) is 4.63. The van der Waals surface area contributed by atoms with Gasteiger partial charge in [-0.2, -0.15) is 0 Å². The number of amides is 1. The van der Waals surface area contributed by atoms with Gasteiger partial charge in [0.25, 0.3) is 0 Å². The van der Waals surface area contributed by atoms with Crippen LogP contribution in [-0.2, 0) is 11.3 Å². The van der Waals surface area contributed by atoms with Crippen LogP contribution in [0.15, 0.2) is 47.6 Å². The molecule has 3 rings (SSSR count). The Morgan fingerprint density at radius 1 is 1.25 bits per heavy atom. The number of carbonyl (C=O) groups excluding carboxylic acids is 1. The molecule has 1 amide bonds. The van der Waals surface area contributed by atoms with E-state index in [0.29, 0.717) is 34.0 Å². The Morgan fingerprint density at radius 3 is 2.64 bits per heavy atom. The van der Waals surface area contributed by atoms with Crippen molar-refractivity contribution in [1.29, 1.82) is 0 Å². The van der Waals surface area contributed by atoms with Crippen molar-refractivity contribution in [1.82, 2.24) is 14.8 Å². The van der Waals surface area contributed by atoms with Crippen LogP contribution in [0.1, 0.15) is 6.92 Å². The van der Waals surface area contributed by atoms with Crippen molar-refractivity contribution < 1.29 is 13.9 Å². The number of nitrogens with one attached hydrogen (secondary N) is 1. The largest absolute Gasteiger partial charge is 0.495 e. The molecule has 0 fully saturated rings. The molecule has 0 saturated heterocycles. The number of aromatic nitrogens is 3. The smallest absolute Gasteiger partial charge is 0.234 e. The Balaban J connectivity index is 1.66. The number of thioether (sulfide) groups is 1. The first-order valence-electron chi connectivity index (χ1n) is 8.47. The SMILES string of the molecule is CCn1c(SCC(=O)Nc2ccc(OC)c(Cl)c2)nnc1-c1ccc(F)cc1. The minimum atomic E-state index is -0.309. The second-order valence-corrected chi connectivity index (χ2v) is 7.09. The number of nitrogens with zero attached hydrogens (tertiary/aromatic N) is 3. The quantitative estimate of drug-likeness (QED) is 0.570. The van der Waals surface area contributed by atoms with Crippen LogP contribution in [0.25, 0.3) is 11.4 Å². The predicted molar refractivity (Wildman–Crippen MR) is 108 cm³/mol. The molecule has 0 unspecified atom stereocenters. The molecule has 0 aliphatic rings. The molecule has 0 spiro atoms. The number of carbonyl (C=O) groups is 1. The van der Waals surface area contributed by atoms with Gasteiger partial charge in [0, 0.05) is 17.8 Å². The van der Waals surface area contributed by atoms with Crippen molar-refractivity contribution in [3.05, 3.63) is 53.3 Å².